The molecule has 0 bridgehead atoms. The van der Waals surface area contributed by atoms with Gasteiger partial charge >= 0.3 is 5.97 Å². The first kappa shape index (κ1) is 19.9. The van der Waals surface area contributed by atoms with Gasteiger partial charge < -0.3 is 15.4 Å². The first-order valence-corrected chi connectivity index (χ1v) is 9.19. The lowest BCUT2D eigenvalue weighted by atomic mass is 10.0. The molecule has 2 N–H and O–H groups in total. The van der Waals surface area contributed by atoms with Crippen LogP contribution in [0.3, 0.4) is 0 Å². The van der Waals surface area contributed by atoms with E-state index in [0.717, 1.165) is 0 Å². The molecule has 0 saturated heterocycles. The molecule has 1 atom stereocenters. The number of benzene rings is 1. The Morgan fingerprint density at radius 1 is 1.15 bits per heavy atom. The molecule has 0 aliphatic rings. The summed E-state index contributed by atoms with van der Waals surface area (Å²) in [7, 11) is 0. The number of anilines is 1. The standard InChI is InChI=1S/C18H19ClN2O4S/c1-11(2)16(21-17(23)14-4-3-9-26-14)18(24)25-10-15(22)20-13-7-5-12(19)6-8-13/h3-9,11,16H,10H2,1-2H3,(H,20,22)(H,21,23)/t16-/m1/s1. The second-order valence-electron chi connectivity index (χ2n) is 5.84. The van der Waals surface area contributed by atoms with Gasteiger partial charge in [-0.1, -0.05) is 31.5 Å². The molecule has 1 aromatic heterocycles. The maximum Gasteiger partial charge on any atom is 0.329 e. The number of nitrogens with one attached hydrogen (secondary N) is 2. The van der Waals surface area contributed by atoms with Crippen molar-refractivity contribution in [3.05, 3.63) is 51.7 Å². The minimum absolute atomic E-state index is 0.189. The Balaban J connectivity index is 1.87. The molecule has 0 aliphatic heterocycles. The minimum Gasteiger partial charge on any atom is -0.454 e. The maximum absolute atomic E-state index is 12.3. The Kier molecular flexibility index (Phi) is 7.17. The summed E-state index contributed by atoms with van der Waals surface area (Å²) in [5.74, 6) is -1.67. The number of thiophene rings is 1. The van der Waals surface area contributed by atoms with Gasteiger partial charge in [-0.3, -0.25) is 9.59 Å². The summed E-state index contributed by atoms with van der Waals surface area (Å²) in [4.78, 5) is 36.8. The fourth-order valence-electron chi connectivity index (χ4n) is 2.07. The monoisotopic (exact) mass is 394 g/mol. The van der Waals surface area contributed by atoms with Crippen LogP contribution in [0.5, 0.6) is 0 Å². The molecule has 0 spiro atoms. The number of halogens is 1. The number of hydrogen-bond donors (Lipinski definition) is 2. The highest BCUT2D eigenvalue weighted by molar-refractivity contribution is 7.12. The Bertz CT molecular complexity index is 760. The second-order valence-corrected chi connectivity index (χ2v) is 7.22. The molecule has 2 rings (SSSR count). The van der Waals surface area contributed by atoms with Gasteiger partial charge in [-0.25, -0.2) is 4.79 Å². The SMILES string of the molecule is CC(C)[C@@H](NC(=O)c1cccs1)C(=O)OCC(=O)Nc1ccc(Cl)cc1. The first-order chi connectivity index (χ1) is 12.4. The maximum atomic E-state index is 12.3. The predicted octanol–water partition coefficient (Wildman–Crippen LogP) is 3.34. The molecule has 26 heavy (non-hydrogen) atoms. The van der Waals surface area contributed by atoms with Crippen molar-refractivity contribution in [2.45, 2.75) is 19.9 Å². The molecule has 0 fully saturated rings. The molecule has 0 aliphatic carbocycles. The normalized spacial score (nSPS) is 11.7. The zero-order valence-corrected chi connectivity index (χ0v) is 15.9. The van der Waals surface area contributed by atoms with Crippen molar-refractivity contribution < 1.29 is 19.1 Å². The lowest BCUT2D eigenvalue weighted by molar-refractivity contribution is -0.150. The van der Waals surface area contributed by atoms with Crippen molar-refractivity contribution in [3.8, 4) is 0 Å². The molecule has 0 radical (unpaired) electrons. The van der Waals surface area contributed by atoms with Gasteiger partial charge in [0.2, 0.25) is 0 Å². The van der Waals surface area contributed by atoms with Gasteiger partial charge in [-0.2, -0.15) is 0 Å². The van der Waals surface area contributed by atoms with E-state index in [1.807, 2.05) is 0 Å². The smallest absolute Gasteiger partial charge is 0.329 e. The van der Waals surface area contributed by atoms with Crippen LogP contribution < -0.4 is 10.6 Å². The van der Waals surface area contributed by atoms with Gasteiger partial charge in [0.15, 0.2) is 6.61 Å². The van der Waals surface area contributed by atoms with E-state index in [4.69, 9.17) is 16.3 Å². The third kappa shape index (κ3) is 5.86. The van der Waals surface area contributed by atoms with Crippen LogP contribution in [0.15, 0.2) is 41.8 Å². The van der Waals surface area contributed by atoms with Crippen molar-refractivity contribution in [1.29, 1.82) is 0 Å². The van der Waals surface area contributed by atoms with E-state index in [1.54, 1.807) is 55.6 Å². The molecule has 2 amide bonds. The molecule has 1 aromatic carbocycles. The highest BCUT2D eigenvalue weighted by atomic mass is 35.5. The van der Waals surface area contributed by atoms with Crippen LogP contribution in [-0.2, 0) is 14.3 Å². The lowest BCUT2D eigenvalue weighted by Gasteiger charge is -2.20. The molecule has 8 heteroatoms. The number of rotatable bonds is 7. The second kappa shape index (κ2) is 9.35. The van der Waals surface area contributed by atoms with Gasteiger partial charge in [0, 0.05) is 10.7 Å². The van der Waals surface area contributed by atoms with Crippen molar-refractivity contribution in [3.63, 3.8) is 0 Å². The van der Waals surface area contributed by atoms with E-state index in [0.29, 0.717) is 15.6 Å². The van der Waals surface area contributed by atoms with E-state index in [-0.39, 0.29) is 11.8 Å². The summed E-state index contributed by atoms with van der Waals surface area (Å²) in [6.45, 7) is 3.13. The van der Waals surface area contributed by atoms with Crippen LogP contribution in [-0.4, -0.2) is 30.4 Å². The highest BCUT2D eigenvalue weighted by Gasteiger charge is 2.27. The van der Waals surface area contributed by atoms with E-state index >= 15 is 0 Å². The molecule has 0 unspecified atom stereocenters. The van der Waals surface area contributed by atoms with E-state index in [2.05, 4.69) is 10.6 Å². The Labute approximate surface area is 160 Å². The molecular weight excluding hydrogens is 376 g/mol. The largest absolute Gasteiger partial charge is 0.454 e. The van der Waals surface area contributed by atoms with E-state index < -0.39 is 24.5 Å². The summed E-state index contributed by atoms with van der Waals surface area (Å²) < 4.78 is 5.05. The number of hydrogen-bond acceptors (Lipinski definition) is 5. The van der Waals surface area contributed by atoms with Gasteiger partial charge in [0.25, 0.3) is 11.8 Å². The fourth-order valence-corrected chi connectivity index (χ4v) is 2.83. The van der Waals surface area contributed by atoms with Crippen LogP contribution in [0, 0.1) is 5.92 Å². The van der Waals surface area contributed by atoms with Crippen LogP contribution in [0.4, 0.5) is 5.69 Å². The Hall–Kier alpha value is -2.38. The Morgan fingerprint density at radius 3 is 2.42 bits per heavy atom. The van der Waals surface area contributed by atoms with Crippen molar-refractivity contribution >= 4 is 46.4 Å². The highest BCUT2D eigenvalue weighted by Crippen LogP contribution is 2.14. The van der Waals surface area contributed by atoms with Gasteiger partial charge in [-0.05, 0) is 41.6 Å². The molecule has 2 aromatic rings. The van der Waals surface area contributed by atoms with E-state index in [1.165, 1.54) is 11.3 Å². The fraction of sp³-hybridized carbons (Fsp3) is 0.278. The number of amides is 2. The van der Waals surface area contributed by atoms with Gasteiger partial charge in [0.05, 0.1) is 4.88 Å². The number of carbonyl (C=O) groups is 3. The van der Waals surface area contributed by atoms with Crippen molar-refractivity contribution in [2.75, 3.05) is 11.9 Å². The lowest BCUT2D eigenvalue weighted by Crippen LogP contribution is -2.45. The summed E-state index contributed by atoms with van der Waals surface area (Å²) in [6, 6.07) is 9.13. The summed E-state index contributed by atoms with van der Waals surface area (Å²) in [5, 5.41) is 7.57. The van der Waals surface area contributed by atoms with E-state index in [9.17, 15) is 14.4 Å². The summed E-state index contributed by atoms with van der Waals surface area (Å²) in [5.41, 5.74) is 0.543. The molecule has 6 nitrogen and oxygen atoms in total. The molecule has 0 saturated carbocycles. The van der Waals surface area contributed by atoms with Crippen molar-refractivity contribution in [1.82, 2.24) is 5.32 Å². The predicted molar refractivity (Wildman–Crippen MR) is 101 cm³/mol. The third-order valence-electron chi connectivity index (χ3n) is 3.43. The minimum atomic E-state index is -0.840. The number of carbonyl (C=O) groups excluding carboxylic acids is 3. The van der Waals surface area contributed by atoms with Crippen LogP contribution in [0.25, 0.3) is 0 Å². The first-order valence-electron chi connectivity index (χ1n) is 7.93. The third-order valence-corrected chi connectivity index (χ3v) is 4.55. The van der Waals surface area contributed by atoms with Gasteiger partial charge in [0.1, 0.15) is 6.04 Å². The van der Waals surface area contributed by atoms with Crippen LogP contribution >= 0.6 is 22.9 Å². The van der Waals surface area contributed by atoms with Crippen molar-refractivity contribution in [2.24, 2.45) is 5.92 Å². The van der Waals surface area contributed by atoms with Crippen LogP contribution in [0.1, 0.15) is 23.5 Å². The van der Waals surface area contributed by atoms with Crippen LogP contribution in [0.2, 0.25) is 5.02 Å². The molecule has 138 valence electrons. The zero-order valence-electron chi connectivity index (χ0n) is 14.3. The molecule has 1 heterocycles. The average molecular weight is 395 g/mol. The topological polar surface area (TPSA) is 84.5 Å². The van der Waals surface area contributed by atoms with Gasteiger partial charge in [-0.15, -0.1) is 11.3 Å². The quantitative estimate of drug-likeness (QED) is 0.705. The Morgan fingerprint density at radius 2 is 1.85 bits per heavy atom. The summed E-state index contributed by atoms with van der Waals surface area (Å²) in [6.07, 6.45) is 0. The average Bonchev–Trinajstić information content (AvgIpc) is 3.14. The summed E-state index contributed by atoms with van der Waals surface area (Å²) >= 11 is 7.06. The number of esters is 1. The molecular formula is C18H19ClN2O4S. The number of ether oxygens (including phenoxy) is 1. The zero-order chi connectivity index (χ0) is 19.1.